The van der Waals surface area contributed by atoms with E-state index >= 15 is 0 Å². The molecular formula is H5B3Ca2O9. The van der Waals surface area contributed by atoms with Gasteiger partial charge in [0.2, 0.25) is 0 Å². The van der Waals surface area contributed by atoms with Crippen molar-refractivity contribution < 1.29 is 45.2 Å². The second kappa shape index (κ2) is 24.5. The van der Waals surface area contributed by atoms with E-state index in [1.54, 1.807) is 0 Å². The van der Waals surface area contributed by atoms with Crippen LogP contribution in [0.3, 0.4) is 0 Å². The Morgan fingerprint density at radius 2 is 0.643 bits per heavy atom. The summed E-state index contributed by atoms with van der Waals surface area (Å²) < 4.78 is 0. The molecule has 0 heterocycles. The first kappa shape index (κ1) is 29.9. The summed E-state index contributed by atoms with van der Waals surface area (Å²) in [5.41, 5.74) is 0. The first-order valence-corrected chi connectivity index (χ1v) is 2.23. The van der Waals surface area contributed by atoms with E-state index < -0.39 is 22.0 Å². The van der Waals surface area contributed by atoms with Crippen molar-refractivity contribution in [3.63, 3.8) is 0 Å². The second-order valence-corrected chi connectivity index (χ2v) is 0.961. The van der Waals surface area contributed by atoms with Crippen LogP contribution in [0.25, 0.3) is 0 Å². The fourth-order valence-corrected chi connectivity index (χ4v) is 0. The molecule has 0 radical (unpaired) electrons. The maximum absolute atomic E-state index is 8.64. The van der Waals surface area contributed by atoms with Crippen LogP contribution in [0.2, 0.25) is 0 Å². The molecule has 0 aromatic rings. The number of hydrogen-bond acceptors (Lipinski definition) is 9. The van der Waals surface area contributed by atoms with Crippen LogP contribution in [-0.2, 0) is 0 Å². The van der Waals surface area contributed by atoms with Crippen LogP contribution in [0.5, 0.6) is 0 Å². The Morgan fingerprint density at radius 1 is 0.643 bits per heavy atom. The SMILES string of the molecule is OB(O)O.[Ca+2].[Ca+2].[O-]B(O)O.[O-]B([O-])[O-]. The summed E-state index contributed by atoms with van der Waals surface area (Å²) in [4.78, 5) is 0. The van der Waals surface area contributed by atoms with Crippen LogP contribution in [0.15, 0.2) is 0 Å². The molecule has 0 aromatic heterocycles. The minimum atomic E-state index is -2.92. The Kier molecular flexibility index (Phi) is 52.4. The van der Waals surface area contributed by atoms with E-state index in [1.807, 2.05) is 0 Å². The molecule has 0 aliphatic rings. The molecule has 0 unspecified atom stereocenters. The molecule has 5 N–H and O–H groups in total. The molecule has 14 heteroatoms. The van der Waals surface area contributed by atoms with Gasteiger partial charge in [0.15, 0.2) is 0 Å². The van der Waals surface area contributed by atoms with E-state index in [0.29, 0.717) is 0 Å². The Hall–Kier alpha value is 2.35. The van der Waals surface area contributed by atoms with Gasteiger partial charge >= 0.3 is 90.1 Å². The summed E-state index contributed by atoms with van der Waals surface area (Å²) >= 11 is 0. The fraction of sp³-hybridized carbons (Fsp3) is 0. The van der Waals surface area contributed by atoms with Gasteiger partial charge in [-0.3, -0.25) is 7.32 Å². The van der Waals surface area contributed by atoms with E-state index in [4.69, 9.17) is 45.2 Å². The summed E-state index contributed by atoms with van der Waals surface area (Å²) in [5.74, 6) is 0. The van der Waals surface area contributed by atoms with Crippen molar-refractivity contribution in [1.82, 2.24) is 0 Å². The van der Waals surface area contributed by atoms with Gasteiger partial charge in [-0.1, -0.05) is 0 Å². The smallest absolute Gasteiger partial charge is 0.907 e. The first-order chi connectivity index (χ1) is 5.20. The van der Waals surface area contributed by atoms with E-state index in [-0.39, 0.29) is 75.5 Å². The van der Waals surface area contributed by atoms with Gasteiger partial charge in [-0.2, -0.15) is 0 Å². The molecule has 0 saturated carbocycles. The van der Waals surface area contributed by atoms with E-state index in [1.165, 1.54) is 0 Å². The van der Waals surface area contributed by atoms with Crippen molar-refractivity contribution in [2.75, 3.05) is 0 Å². The minimum absolute atomic E-state index is 0. The Balaban J connectivity index is -0.0000000270. The molecule has 0 saturated heterocycles. The van der Waals surface area contributed by atoms with Gasteiger partial charge in [0.05, 0.1) is 0 Å². The predicted octanol–water partition coefficient (Wildman–Crippen LogP) is -9.44. The summed E-state index contributed by atoms with van der Waals surface area (Å²) in [6.07, 6.45) is 0. The van der Waals surface area contributed by atoms with E-state index in [9.17, 15) is 0 Å². The summed E-state index contributed by atoms with van der Waals surface area (Å²) in [6, 6.07) is 0. The zero-order valence-electron chi connectivity index (χ0n) is 7.02. The van der Waals surface area contributed by atoms with Crippen molar-refractivity contribution in [1.29, 1.82) is 0 Å². The molecule has 9 nitrogen and oxygen atoms in total. The van der Waals surface area contributed by atoms with Gasteiger partial charge in [-0.05, 0) is 0 Å². The predicted molar refractivity (Wildman–Crippen MR) is 39.9 cm³/mol. The van der Waals surface area contributed by atoms with Crippen LogP contribution in [0.4, 0.5) is 0 Å². The third-order valence-corrected chi connectivity index (χ3v) is 0. The Bertz CT molecular complexity index is 46.5. The molecule has 0 rings (SSSR count). The standard InChI is InChI=1S/BH3O3.BH2O3.BO3.2Ca/c3*2-1(3)4;;/h2-4H;2-3H;;;/q;-1;-3;2*+2. The van der Waals surface area contributed by atoms with E-state index in [2.05, 4.69) is 0 Å². The largest absolute Gasteiger partial charge is 2.00 e. The Morgan fingerprint density at radius 3 is 0.643 bits per heavy atom. The fourth-order valence-electron chi connectivity index (χ4n) is 0. The van der Waals surface area contributed by atoms with Crippen LogP contribution in [0, 0.1) is 0 Å². The quantitative estimate of drug-likeness (QED) is 0.263. The molecule has 0 spiro atoms. The monoisotopic (exact) mass is 262 g/mol. The first-order valence-electron chi connectivity index (χ1n) is 2.23. The van der Waals surface area contributed by atoms with Crippen molar-refractivity contribution >= 4 is 97.4 Å². The molecule has 0 fully saturated rings. The maximum atomic E-state index is 8.64. The molecule has 0 aromatic carbocycles. The maximum Gasteiger partial charge on any atom is 2.00 e. The average molecular weight is 262 g/mol. The van der Waals surface area contributed by atoms with Crippen LogP contribution < -0.4 is 20.1 Å². The normalized spacial score (nSPS) is 5.79. The van der Waals surface area contributed by atoms with Crippen molar-refractivity contribution in [2.24, 2.45) is 0 Å². The number of hydrogen-bond donors (Lipinski definition) is 5. The molecule has 0 aliphatic carbocycles. The van der Waals surface area contributed by atoms with Gasteiger partial charge < -0.3 is 45.2 Å². The molecule has 0 aliphatic heterocycles. The summed E-state index contributed by atoms with van der Waals surface area (Å²) in [7, 11) is -7.50. The molecule has 0 amide bonds. The summed E-state index contributed by atoms with van der Waals surface area (Å²) in [5, 5.41) is 69.5. The van der Waals surface area contributed by atoms with Gasteiger partial charge in [-0.25, -0.2) is 0 Å². The van der Waals surface area contributed by atoms with Crippen molar-refractivity contribution in [3.05, 3.63) is 0 Å². The molecule has 0 bridgehead atoms. The Labute approximate surface area is 141 Å². The minimum Gasteiger partial charge on any atom is -0.907 e. The van der Waals surface area contributed by atoms with Crippen molar-refractivity contribution in [3.8, 4) is 0 Å². The molecule has 0 atom stereocenters. The molecule has 14 heavy (non-hydrogen) atoms. The molecule has 72 valence electrons. The number of rotatable bonds is 0. The van der Waals surface area contributed by atoms with Gasteiger partial charge in [0.25, 0.3) is 0 Å². The van der Waals surface area contributed by atoms with E-state index in [0.717, 1.165) is 0 Å². The average Bonchev–Trinajstić information content (AvgIpc) is 1.54. The van der Waals surface area contributed by atoms with Crippen molar-refractivity contribution in [2.45, 2.75) is 0 Å². The summed E-state index contributed by atoms with van der Waals surface area (Å²) in [6.45, 7) is 0. The topological polar surface area (TPSA) is 193 Å². The van der Waals surface area contributed by atoms with Crippen LogP contribution >= 0.6 is 0 Å². The zero-order chi connectivity index (χ0) is 10.7. The third-order valence-electron chi connectivity index (χ3n) is 0. The van der Waals surface area contributed by atoms with Gasteiger partial charge in [-0.15, -0.1) is 0 Å². The van der Waals surface area contributed by atoms with Gasteiger partial charge in [0, 0.05) is 0 Å². The van der Waals surface area contributed by atoms with Crippen LogP contribution in [0.1, 0.15) is 0 Å². The van der Waals surface area contributed by atoms with Gasteiger partial charge in [0.1, 0.15) is 0 Å². The molecular weight excluding hydrogens is 257 g/mol. The zero-order valence-corrected chi connectivity index (χ0v) is 11.4. The van der Waals surface area contributed by atoms with Crippen LogP contribution in [-0.4, -0.2) is 123 Å². The third kappa shape index (κ3) is 462. The second-order valence-electron chi connectivity index (χ2n) is 0.961.